The molecule has 14 heavy (non-hydrogen) atoms. The van der Waals surface area contributed by atoms with E-state index in [9.17, 15) is 9.59 Å². The van der Waals surface area contributed by atoms with Crippen LogP contribution in [-0.4, -0.2) is 34.7 Å². The minimum Gasteiger partial charge on any atom is -0.479 e. The summed E-state index contributed by atoms with van der Waals surface area (Å²) in [7, 11) is 0. The van der Waals surface area contributed by atoms with E-state index < -0.39 is 12.1 Å². The van der Waals surface area contributed by atoms with E-state index in [0.29, 0.717) is 5.56 Å². The number of amides is 1. The molecule has 0 saturated carbocycles. The molecule has 0 unspecified atom stereocenters. The third-order valence-electron chi connectivity index (χ3n) is 1.52. The SMILES string of the molecule is O=C(NC[C@H](O)C(=O)O)c1ccsc1. The van der Waals surface area contributed by atoms with E-state index in [1.54, 1.807) is 16.8 Å². The van der Waals surface area contributed by atoms with Gasteiger partial charge in [-0.25, -0.2) is 4.79 Å². The Bertz CT molecular complexity index is 322. The molecule has 0 radical (unpaired) electrons. The summed E-state index contributed by atoms with van der Waals surface area (Å²) in [5.74, 6) is -1.73. The highest BCUT2D eigenvalue weighted by Crippen LogP contribution is 2.04. The van der Waals surface area contributed by atoms with Gasteiger partial charge in [0.1, 0.15) is 0 Å². The molecule has 0 aliphatic carbocycles. The maximum atomic E-state index is 11.2. The molecule has 1 aromatic heterocycles. The molecule has 6 heteroatoms. The first-order valence-electron chi connectivity index (χ1n) is 3.82. The lowest BCUT2D eigenvalue weighted by molar-refractivity contribution is -0.146. The fraction of sp³-hybridized carbons (Fsp3) is 0.250. The van der Waals surface area contributed by atoms with E-state index in [2.05, 4.69) is 5.32 Å². The first-order valence-corrected chi connectivity index (χ1v) is 4.77. The van der Waals surface area contributed by atoms with Crippen molar-refractivity contribution in [3.05, 3.63) is 22.4 Å². The van der Waals surface area contributed by atoms with Gasteiger partial charge < -0.3 is 15.5 Å². The van der Waals surface area contributed by atoms with Gasteiger partial charge in [0.25, 0.3) is 5.91 Å². The molecular weight excluding hydrogens is 206 g/mol. The van der Waals surface area contributed by atoms with Crippen LogP contribution in [0.4, 0.5) is 0 Å². The van der Waals surface area contributed by atoms with Crippen LogP contribution in [-0.2, 0) is 4.79 Å². The van der Waals surface area contributed by atoms with E-state index in [1.807, 2.05) is 0 Å². The van der Waals surface area contributed by atoms with Crippen LogP contribution >= 0.6 is 11.3 Å². The number of aliphatic hydroxyl groups is 1. The van der Waals surface area contributed by atoms with Crippen molar-refractivity contribution in [3.63, 3.8) is 0 Å². The van der Waals surface area contributed by atoms with Gasteiger partial charge in [-0.05, 0) is 11.4 Å². The van der Waals surface area contributed by atoms with E-state index in [0.717, 1.165) is 0 Å². The summed E-state index contributed by atoms with van der Waals surface area (Å²) < 4.78 is 0. The Morgan fingerprint density at radius 3 is 2.79 bits per heavy atom. The highest BCUT2D eigenvalue weighted by molar-refractivity contribution is 7.08. The smallest absolute Gasteiger partial charge is 0.334 e. The molecule has 0 aliphatic heterocycles. The molecule has 0 aromatic carbocycles. The molecule has 1 amide bonds. The minimum atomic E-state index is -1.56. The topological polar surface area (TPSA) is 86.6 Å². The maximum Gasteiger partial charge on any atom is 0.334 e. The largest absolute Gasteiger partial charge is 0.479 e. The van der Waals surface area contributed by atoms with Crippen molar-refractivity contribution in [1.29, 1.82) is 0 Å². The molecule has 0 saturated heterocycles. The Morgan fingerprint density at radius 2 is 2.29 bits per heavy atom. The van der Waals surface area contributed by atoms with E-state index >= 15 is 0 Å². The number of rotatable bonds is 4. The van der Waals surface area contributed by atoms with Gasteiger partial charge in [0.2, 0.25) is 0 Å². The highest BCUT2D eigenvalue weighted by atomic mass is 32.1. The molecule has 1 aromatic rings. The van der Waals surface area contributed by atoms with Crippen molar-refractivity contribution in [2.75, 3.05) is 6.54 Å². The molecule has 0 spiro atoms. The number of carbonyl (C=O) groups excluding carboxylic acids is 1. The number of carbonyl (C=O) groups is 2. The van der Waals surface area contributed by atoms with Crippen molar-refractivity contribution in [2.45, 2.75) is 6.10 Å². The fourth-order valence-electron chi connectivity index (χ4n) is 0.772. The number of aliphatic carboxylic acids is 1. The maximum absolute atomic E-state index is 11.2. The lowest BCUT2D eigenvalue weighted by Crippen LogP contribution is -2.36. The Morgan fingerprint density at radius 1 is 1.57 bits per heavy atom. The molecule has 0 bridgehead atoms. The van der Waals surface area contributed by atoms with Crippen LogP contribution in [0.5, 0.6) is 0 Å². The molecular formula is C8H9NO4S. The van der Waals surface area contributed by atoms with Gasteiger partial charge >= 0.3 is 5.97 Å². The average molecular weight is 215 g/mol. The van der Waals surface area contributed by atoms with E-state index in [1.165, 1.54) is 11.3 Å². The number of carboxylic acid groups (broad SMARTS) is 1. The van der Waals surface area contributed by atoms with Crippen LogP contribution < -0.4 is 5.32 Å². The number of aliphatic hydroxyl groups excluding tert-OH is 1. The summed E-state index contributed by atoms with van der Waals surface area (Å²) in [6.45, 7) is -0.288. The first kappa shape index (κ1) is 10.7. The van der Waals surface area contributed by atoms with Gasteiger partial charge in [-0.2, -0.15) is 11.3 Å². The summed E-state index contributed by atoms with van der Waals surface area (Å²) in [6.07, 6.45) is -1.56. The zero-order valence-corrected chi connectivity index (χ0v) is 7.95. The van der Waals surface area contributed by atoms with Gasteiger partial charge in [0, 0.05) is 10.9 Å². The summed E-state index contributed by atoms with van der Waals surface area (Å²) in [6, 6.07) is 1.62. The normalized spacial score (nSPS) is 12.1. The van der Waals surface area contributed by atoms with Crippen LogP contribution in [0, 0.1) is 0 Å². The summed E-state index contributed by atoms with van der Waals surface area (Å²) >= 11 is 1.37. The standard InChI is InChI=1S/C8H9NO4S/c10-6(8(12)13)3-9-7(11)5-1-2-14-4-5/h1-2,4,6,10H,3H2,(H,9,11)(H,12,13)/t6-/m0/s1. The monoisotopic (exact) mass is 215 g/mol. The van der Waals surface area contributed by atoms with Crippen molar-refractivity contribution in [2.24, 2.45) is 0 Å². The van der Waals surface area contributed by atoms with Crippen LogP contribution in [0.15, 0.2) is 16.8 Å². The number of hydrogen-bond acceptors (Lipinski definition) is 4. The van der Waals surface area contributed by atoms with Crippen molar-refractivity contribution < 1.29 is 19.8 Å². The lowest BCUT2D eigenvalue weighted by Gasteiger charge is -2.06. The van der Waals surface area contributed by atoms with Gasteiger partial charge in [0.05, 0.1) is 6.54 Å². The number of thiophene rings is 1. The third-order valence-corrected chi connectivity index (χ3v) is 2.21. The zero-order valence-electron chi connectivity index (χ0n) is 7.14. The number of nitrogens with one attached hydrogen (secondary N) is 1. The second-order valence-corrected chi connectivity index (χ2v) is 3.36. The van der Waals surface area contributed by atoms with Crippen LogP contribution in [0.2, 0.25) is 0 Å². The van der Waals surface area contributed by atoms with E-state index in [-0.39, 0.29) is 12.5 Å². The van der Waals surface area contributed by atoms with Gasteiger partial charge in [-0.15, -0.1) is 0 Å². The lowest BCUT2D eigenvalue weighted by atomic mass is 10.3. The molecule has 3 N–H and O–H groups in total. The first-order chi connectivity index (χ1) is 6.61. The summed E-state index contributed by atoms with van der Waals surface area (Å²) in [5, 5.41) is 22.9. The molecule has 0 fully saturated rings. The highest BCUT2D eigenvalue weighted by Gasteiger charge is 2.14. The van der Waals surface area contributed by atoms with Gasteiger partial charge in [-0.3, -0.25) is 4.79 Å². The van der Waals surface area contributed by atoms with Crippen molar-refractivity contribution in [1.82, 2.24) is 5.32 Å². The van der Waals surface area contributed by atoms with Crippen LogP contribution in [0.25, 0.3) is 0 Å². The second kappa shape index (κ2) is 4.73. The van der Waals surface area contributed by atoms with Gasteiger partial charge in [-0.1, -0.05) is 0 Å². The third kappa shape index (κ3) is 2.82. The quantitative estimate of drug-likeness (QED) is 0.655. The van der Waals surface area contributed by atoms with Crippen LogP contribution in [0.3, 0.4) is 0 Å². The fourth-order valence-corrected chi connectivity index (χ4v) is 1.41. The zero-order chi connectivity index (χ0) is 10.6. The second-order valence-electron chi connectivity index (χ2n) is 2.58. The predicted molar refractivity (Wildman–Crippen MR) is 50.3 cm³/mol. The summed E-state index contributed by atoms with van der Waals surface area (Å²) in [4.78, 5) is 21.4. The molecule has 1 heterocycles. The van der Waals surface area contributed by atoms with Crippen molar-refractivity contribution >= 4 is 23.2 Å². The molecule has 1 atom stereocenters. The Kier molecular flexibility index (Phi) is 3.61. The molecule has 5 nitrogen and oxygen atoms in total. The molecule has 1 rings (SSSR count). The van der Waals surface area contributed by atoms with Crippen molar-refractivity contribution in [3.8, 4) is 0 Å². The minimum absolute atomic E-state index is 0.288. The predicted octanol–water partition coefficient (Wildman–Crippen LogP) is -0.0766. The van der Waals surface area contributed by atoms with Gasteiger partial charge in [0.15, 0.2) is 6.10 Å². The Labute approximate surface area is 84.0 Å². The number of carboxylic acids is 1. The average Bonchev–Trinajstić information content (AvgIpc) is 2.66. The Hall–Kier alpha value is -1.40. The van der Waals surface area contributed by atoms with E-state index in [4.69, 9.17) is 10.2 Å². The molecule has 76 valence electrons. The Balaban J connectivity index is 2.40. The summed E-state index contributed by atoms with van der Waals surface area (Å²) in [5.41, 5.74) is 0.465. The number of hydrogen-bond donors (Lipinski definition) is 3. The molecule has 0 aliphatic rings. The van der Waals surface area contributed by atoms with Crippen LogP contribution in [0.1, 0.15) is 10.4 Å².